The highest BCUT2D eigenvalue weighted by molar-refractivity contribution is 5.99. The minimum Gasteiger partial charge on any atom is -0.391 e. The van der Waals surface area contributed by atoms with Gasteiger partial charge in [-0.25, -0.2) is 4.98 Å². The number of aliphatic hydroxyl groups excluding tert-OH is 1. The highest BCUT2D eigenvalue weighted by Crippen LogP contribution is 2.29. The summed E-state index contributed by atoms with van der Waals surface area (Å²) in [4.78, 5) is 34.0. The molecule has 1 aromatic heterocycles. The molecule has 1 aromatic carbocycles. The molecular weight excluding hydrogens is 488 g/mol. The standard InChI is InChI=1S/C32H46N4O3/c1-5-26(22(2)3)18-30(37)28(17-25-14-10-7-11-15-25)35-32(39)29(19-27-20-33-21-34-27)36-31(38)23(4)16-24-12-8-6-9-13-24/h5-6,8-9,12-13,16,20-22,25-26,28-30,37H,1,7,10-11,14-15,17-19H2,2-4H3,(H,33,34)(H,35,39)(H,36,38)/t26?,28-,29-,30-/m0/s1. The molecule has 2 amide bonds. The number of nitrogens with zero attached hydrogens (tertiary/aromatic N) is 1. The van der Waals surface area contributed by atoms with E-state index in [9.17, 15) is 14.7 Å². The number of benzene rings is 1. The van der Waals surface area contributed by atoms with Crippen LogP contribution in [-0.4, -0.2) is 45.1 Å². The summed E-state index contributed by atoms with van der Waals surface area (Å²) in [6.07, 6.45) is 13.6. The van der Waals surface area contributed by atoms with Crippen LogP contribution in [0.5, 0.6) is 0 Å². The fourth-order valence-electron chi connectivity index (χ4n) is 5.42. The van der Waals surface area contributed by atoms with Crippen molar-refractivity contribution in [2.24, 2.45) is 17.8 Å². The van der Waals surface area contributed by atoms with Crippen LogP contribution in [0.4, 0.5) is 0 Å². The van der Waals surface area contributed by atoms with Crippen molar-refractivity contribution in [1.82, 2.24) is 20.6 Å². The van der Waals surface area contributed by atoms with Gasteiger partial charge >= 0.3 is 0 Å². The molecule has 1 fully saturated rings. The van der Waals surface area contributed by atoms with Crippen molar-refractivity contribution in [2.45, 2.75) is 90.3 Å². The summed E-state index contributed by atoms with van der Waals surface area (Å²) in [5.41, 5.74) is 2.10. The average Bonchev–Trinajstić information content (AvgIpc) is 3.45. The van der Waals surface area contributed by atoms with Gasteiger partial charge in [-0.2, -0.15) is 0 Å². The van der Waals surface area contributed by atoms with Gasteiger partial charge < -0.3 is 20.7 Å². The van der Waals surface area contributed by atoms with Crippen LogP contribution in [0, 0.1) is 17.8 Å². The predicted octanol–water partition coefficient (Wildman–Crippen LogP) is 5.20. The number of rotatable bonds is 14. The first kappa shape index (κ1) is 30.4. The van der Waals surface area contributed by atoms with Crippen LogP contribution >= 0.6 is 0 Å². The summed E-state index contributed by atoms with van der Waals surface area (Å²) in [6, 6.07) is 8.37. The van der Waals surface area contributed by atoms with E-state index in [1.165, 1.54) is 19.3 Å². The summed E-state index contributed by atoms with van der Waals surface area (Å²) in [6.45, 7) is 9.94. The number of aromatic nitrogens is 2. The van der Waals surface area contributed by atoms with E-state index in [1.54, 1.807) is 25.5 Å². The van der Waals surface area contributed by atoms with E-state index in [2.05, 4.69) is 41.0 Å². The number of H-pyrrole nitrogens is 1. The quantitative estimate of drug-likeness (QED) is 0.197. The van der Waals surface area contributed by atoms with E-state index in [0.29, 0.717) is 29.5 Å². The molecule has 0 radical (unpaired) electrons. The number of carbonyl (C=O) groups is 2. The van der Waals surface area contributed by atoms with E-state index in [1.807, 2.05) is 36.4 Å². The SMILES string of the molecule is C=CC(C[C@H](O)[C@H](CC1CCCCC1)NC(=O)[C@H](Cc1c[nH]cn1)NC(=O)C(C)=Cc1ccccc1)C(C)C. The van der Waals surface area contributed by atoms with Crippen LogP contribution in [0.2, 0.25) is 0 Å². The maximum atomic E-state index is 13.7. The van der Waals surface area contributed by atoms with Gasteiger partial charge in [-0.3, -0.25) is 9.59 Å². The number of allylic oxidation sites excluding steroid dienone is 1. The number of nitrogens with one attached hydrogen (secondary N) is 3. The molecule has 212 valence electrons. The molecule has 7 heteroatoms. The molecule has 1 heterocycles. The van der Waals surface area contributed by atoms with E-state index in [-0.39, 0.29) is 24.2 Å². The first-order valence-corrected chi connectivity index (χ1v) is 14.4. The van der Waals surface area contributed by atoms with Gasteiger partial charge in [0.25, 0.3) is 0 Å². The zero-order valence-electron chi connectivity index (χ0n) is 23.7. The summed E-state index contributed by atoms with van der Waals surface area (Å²) in [5.74, 6) is 0.338. The third-order valence-corrected chi connectivity index (χ3v) is 7.91. The molecule has 7 nitrogen and oxygen atoms in total. The molecule has 0 saturated heterocycles. The summed E-state index contributed by atoms with van der Waals surface area (Å²) in [7, 11) is 0. The first-order chi connectivity index (χ1) is 18.8. The Morgan fingerprint density at radius 3 is 2.49 bits per heavy atom. The van der Waals surface area contributed by atoms with Gasteiger partial charge in [0.05, 0.1) is 24.2 Å². The van der Waals surface area contributed by atoms with Gasteiger partial charge in [-0.15, -0.1) is 6.58 Å². The molecule has 1 saturated carbocycles. The van der Waals surface area contributed by atoms with Crippen molar-refractivity contribution in [1.29, 1.82) is 0 Å². The highest BCUT2D eigenvalue weighted by Gasteiger charge is 2.31. The highest BCUT2D eigenvalue weighted by atomic mass is 16.3. The van der Waals surface area contributed by atoms with Crippen LogP contribution in [0.15, 0.2) is 61.1 Å². The van der Waals surface area contributed by atoms with E-state index < -0.39 is 18.2 Å². The average molecular weight is 535 g/mol. The zero-order valence-corrected chi connectivity index (χ0v) is 23.7. The molecule has 4 N–H and O–H groups in total. The molecule has 1 aliphatic rings. The lowest BCUT2D eigenvalue weighted by Gasteiger charge is -2.33. The summed E-state index contributed by atoms with van der Waals surface area (Å²) in [5, 5.41) is 17.4. The fourth-order valence-corrected chi connectivity index (χ4v) is 5.42. The van der Waals surface area contributed by atoms with Crippen molar-refractivity contribution in [2.75, 3.05) is 0 Å². The second kappa shape index (κ2) is 15.4. The van der Waals surface area contributed by atoms with Crippen LogP contribution in [0.3, 0.4) is 0 Å². The molecule has 1 aliphatic carbocycles. The van der Waals surface area contributed by atoms with Crippen molar-refractivity contribution in [3.63, 3.8) is 0 Å². The monoisotopic (exact) mass is 534 g/mol. The maximum absolute atomic E-state index is 13.7. The van der Waals surface area contributed by atoms with E-state index in [0.717, 1.165) is 24.8 Å². The maximum Gasteiger partial charge on any atom is 0.247 e. The molecule has 0 bridgehead atoms. The Kier molecular flexibility index (Phi) is 12.0. The Bertz CT molecular complexity index is 1060. The third-order valence-electron chi connectivity index (χ3n) is 7.91. The molecular formula is C32H46N4O3. The van der Waals surface area contributed by atoms with Gasteiger partial charge in [-0.05, 0) is 49.2 Å². The Morgan fingerprint density at radius 2 is 1.87 bits per heavy atom. The minimum atomic E-state index is -0.832. The fraction of sp³-hybridized carbons (Fsp3) is 0.531. The number of amides is 2. The second-order valence-electron chi connectivity index (χ2n) is 11.3. The number of hydrogen-bond acceptors (Lipinski definition) is 4. The second-order valence-corrected chi connectivity index (χ2v) is 11.3. The lowest BCUT2D eigenvalue weighted by atomic mass is 9.81. The molecule has 0 aliphatic heterocycles. The van der Waals surface area contributed by atoms with E-state index >= 15 is 0 Å². The van der Waals surface area contributed by atoms with Gasteiger partial charge in [0.2, 0.25) is 11.8 Å². The van der Waals surface area contributed by atoms with E-state index in [4.69, 9.17) is 0 Å². The molecule has 4 atom stereocenters. The molecule has 1 unspecified atom stereocenters. The van der Waals surface area contributed by atoms with Crippen molar-refractivity contribution in [3.8, 4) is 0 Å². The number of hydrogen-bond donors (Lipinski definition) is 4. The molecule has 0 spiro atoms. The number of carbonyl (C=O) groups excluding carboxylic acids is 2. The number of imidazole rings is 1. The largest absolute Gasteiger partial charge is 0.391 e. The summed E-state index contributed by atoms with van der Waals surface area (Å²) < 4.78 is 0. The topological polar surface area (TPSA) is 107 Å². The van der Waals surface area contributed by atoms with Gasteiger partial charge in [0.1, 0.15) is 6.04 Å². The van der Waals surface area contributed by atoms with Gasteiger partial charge in [0, 0.05) is 18.2 Å². The molecule has 2 aromatic rings. The number of aromatic amines is 1. The molecule has 3 rings (SSSR count). The Labute approximate surface area is 233 Å². The first-order valence-electron chi connectivity index (χ1n) is 14.4. The summed E-state index contributed by atoms with van der Waals surface area (Å²) >= 11 is 0. The van der Waals surface area contributed by atoms with Crippen LogP contribution < -0.4 is 10.6 Å². The third kappa shape index (κ3) is 9.81. The van der Waals surface area contributed by atoms with Crippen molar-refractivity contribution >= 4 is 17.9 Å². The lowest BCUT2D eigenvalue weighted by Crippen LogP contribution is -2.54. The minimum absolute atomic E-state index is 0.149. The van der Waals surface area contributed by atoms with Crippen molar-refractivity contribution in [3.05, 3.63) is 72.3 Å². The van der Waals surface area contributed by atoms with Crippen LogP contribution in [0.25, 0.3) is 6.08 Å². The van der Waals surface area contributed by atoms with Gasteiger partial charge in [0.15, 0.2) is 0 Å². The Morgan fingerprint density at radius 1 is 1.15 bits per heavy atom. The molecule has 39 heavy (non-hydrogen) atoms. The van der Waals surface area contributed by atoms with Crippen LogP contribution in [0.1, 0.15) is 77.0 Å². The Hall–Kier alpha value is -3.19. The smallest absolute Gasteiger partial charge is 0.247 e. The normalized spacial score (nSPS) is 17.7. The van der Waals surface area contributed by atoms with Gasteiger partial charge in [-0.1, -0.05) is 82.4 Å². The Balaban J connectivity index is 1.77. The predicted molar refractivity (Wildman–Crippen MR) is 157 cm³/mol. The zero-order chi connectivity index (χ0) is 28.2. The number of aliphatic hydroxyl groups is 1. The van der Waals surface area contributed by atoms with Crippen LogP contribution in [-0.2, 0) is 16.0 Å². The van der Waals surface area contributed by atoms with Crippen molar-refractivity contribution < 1.29 is 14.7 Å². The lowest BCUT2D eigenvalue weighted by molar-refractivity contribution is -0.128.